The van der Waals surface area contributed by atoms with Crippen LogP contribution in [0.5, 0.6) is 0 Å². The number of nitriles is 1. The molecule has 0 aliphatic carbocycles. The molecule has 2 spiro atoms. The summed E-state index contributed by atoms with van der Waals surface area (Å²) in [5.41, 5.74) is 2.68. The number of ether oxygens (including phenoxy) is 2. The molecule has 4 aliphatic rings. The Kier molecular flexibility index (Phi) is 6.51. The lowest BCUT2D eigenvalue weighted by Gasteiger charge is -2.54. The van der Waals surface area contributed by atoms with Gasteiger partial charge in [0.2, 0.25) is 5.91 Å². The second-order valence-corrected chi connectivity index (χ2v) is 13.0. The minimum absolute atomic E-state index is 0.0176. The van der Waals surface area contributed by atoms with Crippen molar-refractivity contribution in [2.75, 3.05) is 49.2 Å². The molecular weight excluding hydrogens is 528 g/mol. The van der Waals surface area contributed by atoms with E-state index >= 15 is 0 Å². The van der Waals surface area contributed by atoms with Crippen molar-refractivity contribution in [1.29, 1.82) is 5.26 Å². The van der Waals surface area contributed by atoms with Gasteiger partial charge in [0.05, 0.1) is 27.4 Å². The third-order valence-corrected chi connectivity index (χ3v) is 9.25. The first-order chi connectivity index (χ1) is 19.1. The average molecular weight is 563 g/mol. The van der Waals surface area contributed by atoms with Gasteiger partial charge >= 0.3 is 6.09 Å². The number of likely N-dealkylation sites (tertiary alicyclic amines) is 1. The lowest BCUT2D eigenvalue weighted by Crippen LogP contribution is -2.62. The van der Waals surface area contributed by atoms with E-state index < -0.39 is 11.0 Å². The molecule has 0 unspecified atom stereocenters. The summed E-state index contributed by atoms with van der Waals surface area (Å²) in [6.45, 7) is 9.93. The molecule has 4 heterocycles. The van der Waals surface area contributed by atoms with E-state index in [1.165, 1.54) is 0 Å². The van der Waals surface area contributed by atoms with Gasteiger partial charge in [-0.15, -0.1) is 0 Å². The Morgan fingerprint density at radius 2 is 1.75 bits per heavy atom. The zero-order chi connectivity index (χ0) is 28.3. The average Bonchev–Trinajstić information content (AvgIpc) is 3.13. The normalized spacial score (nSPS) is 21.3. The highest BCUT2D eigenvalue weighted by molar-refractivity contribution is 6.32. The summed E-state index contributed by atoms with van der Waals surface area (Å²) in [5.74, 6) is -0.0176. The number of carbonyl (C=O) groups excluding carboxylic acids is 2. The first-order valence-electron chi connectivity index (χ1n) is 14.0. The second kappa shape index (κ2) is 9.67. The Balaban J connectivity index is 1.26. The lowest BCUT2D eigenvalue weighted by atomic mass is 9.72. The summed E-state index contributed by atoms with van der Waals surface area (Å²) in [6.07, 6.45) is 2.96. The van der Waals surface area contributed by atoms with Crippen molar-refractivity contribution in [3.8, 4) is 6.07 Å². The number of rotatable bonds is 2. The Hall–Kier alpha value is -3.28. The first kappa shape index (κ1) is 26.9. The van der Waals surface area contributed by atoms with E-state index in [1.807, 2.05) is 25.7 Å². The molecular formula is C31H35ClN4O4. The molecule has 3 saturated heterocycles. The Morgan fingerprint density at radius 3 is 2.40 bits per heavy atom. The van der Waals surface area contributed by atoms with Crippen LogP contribution in [0.1, 0.15) is 57.6 Å². The van der Waals surface area contributed by atoms with Crippen molar-refractivity contribution in [2.45, 2.75) is 57.5 Å². The van der Waals surface area contributed by atoms with Gasteiger partial charge in [-0.3, -0.25) is 9.69 Å². The summed E-state index contributed by atoms with van der Waals surface area (Å²) in [7, 11) is 0. The van der Waals surface area contributed by atoms with Crippen molar-refractivity contribution >= 4 is 40.7 Å². The fraction of sp³-hybridized carbons (Fsp3) is 0.516. The van der Waals surface area contributed by atoms with E-state index in [0.717, 1.165) is 56.0 Å². The van der Waals surface area contributed by atoms with Gasteiger partial charge in [-0.05, 0) is 76.3 Å². The number of carbonyl (C=O) groups is 2. The van der Waals surface area contributed by atoms with Crippen LogP contribution in [0.4, 0.5) is 21.9 Å². The van der Waals surface area contributed by atoms with E-state index in [4.69, 9.17) is 21.1 Å². The van der Waals surface area contributed by atoms with Crippen molar-refractivity contribution in [3.63, 3.8) is 0 Å². The third-order valence-electron chi connectivity index (χ3n) is 8.93. The molecule has 4 aliphatic heterocycles. The number of nitrogens with zero attached hydrogens (tertiary/aromatic N) is 4. The topological polar surface area (TPSA) is 86.1 Å². The second-order valence-electron chi connectivity index (χ2n) is 12.6. The van der Waals surface area contributed by atoms with E-state index in [1.54, 1.807) is 23.1 Å². The maximum absolute atomic E-state index is 14.2. The largest absolute Gasteiger partial charge is 0.444 e. The Labute approximate surface area is 240 Å². The molecule has 0 atom stereocenters. The quantitative estimate of drug-likeness (QED) is 0.461. The maximum Gasteiger partial charge on any atom is 0.410 e. The number of anilines is 3. The third kappa shape index (κ3) is 4.40. The molecule has 0 saturated carbocycles. The molecule has 40 heavy (non-hydrogen) atoms. The smallest absolute Gasteiger partial charge is 0.410 e. The van der Waals surface area contributed by atoms with E-state index in [-0.39, 0.29) is 17.4 Å². The van der Waals surface area contributed by atoms with Gasteiger partial charge in [-0.2, -0.15) is 5.26 Å². The predicted octanol–water partition coefficient (Wildman–Crippen LogP) is 5.78. The molecule has 2 aromatic rings. The highest BCUT2D eigenvalue weighted by Gasteiger charge is 2.53. The molecule has 0 aromatic heterocycles. The van der Waals surface area contributed by atoms with Gasteiger partial charge in [0.1, 0.15) is 11.7 Å². The highest BCUT2D eigenvalue weighted by Crippen LogP contribution is 2.52. The minimum Gasteiger partial charge on any atom is -0.444 e. The fourth-order valence-electron chi connectivity index (χ4n) is 6.77. The number of fused-ring (bicyclic) bond motifs is 2. The SMILES string of the molecule is CC(C)(C)OC(=O)N1CC2(CCN(c3ccc4c(c3)N(c3cccc(Cl)c3C#N)C(=O)C43CCOCC3)CC2)C1. The van der Waals surface area contributed by atoms with Crippen LogP contribution in [0.2, 0.25) is 5.02 Å². The van der Waals surface area contributed by atoms with Crippen molar-refractivity contribution in [1.82, 2.24) is 4.90 Å². The van der Waals surface area contributed by atoms with Gasteiger partial charge in [-0.25, -0.2) is 4.79 Å². The highest BCUT2D eigenvalue weighted by atomic mass is 35.5. The number of halogens is 1. The molecule has 2 aromatic carbocycles. The van der Waals surface area contributed by atoms with Crippen LogP contribution >= 0.6 is 11.6 Å². The molecule has 0 radical (unpaired) electrons. The van der Waals surface area contributed by atoms with Crippen LogP contribution in [-0.2, 0) is 19.7 Å². The van der Waals surface area contributed by atoms with E-state index in [9.17, 15) is 14.9 Å². The maximum atomic E-state index is 14.2. The van der Waals surface area contributed by atoms with Crippen LogP contribution in [0, 0.1) is 16.7 Å². The molecule has 2 amide bonds. The summed E-state index contributed by atoms with van der Waals surface area (Å²) < 4.78 is 11.2. The number of amides is 2. The van der Waals surface area contributed by atoms with Crippen molar-refractivity contribution in [2.24, 2.45) is 5.41 Å². The van der Waals surface area contributed by atoms with Crippen LogP contribution in [0.3, 0.4) is 0 Å². The number of hydrogen-bond donors (Lipinski definition) is 0. The fourth-order valence-corrected chi connectivity index (χ4v) is 6.98. The van der Waals surface area contributed by atoms with Crippen molar-refractivity contribution < 1.29 is 19.1 Å². The zero-order valence-electron chi connectivity index (χ0n) is 23.3. The van der Waals surface area contributed by atoms with Crippen LogP contribution in [0.15, 0.2) is 36.4 Å². The monoisotopic (exact) mass is 562 g/mol. The van der Waals surface area contributed by atoms with E-state index in [2.05, 4.69) is 29.2 Å². The molecule has 210 valence electrons. The molecule has 6 rings (SSSR count). The zero-order valence-corrected chi connectivity index (χ0v) is 24.1. The predicted molar refractivity (Wildman–Crippen MR) is 153 cm³/mol. The molecule has 0 bridgehead atoms. The van der Waals surface area contributed by atoms with Gasteiger partial charge in [0.15, 0.2) is 0 Å². The van der Waals surface area contributed by atoms with Crippen LogP contribution in [-0.4, -0.2) is 61.9 Å². The summed E-state index contributed by atoms with van der Waals surface area (Å²) in [4.78, 5) is 32.5. The standard InChI is InChI=1S/C31H35ClN4O4/c1-29(2,3)40-28(38)35-19-30(20-35)9-13-34(14-10-30)21-7-8-23-26(17-21)36(25-6-4-5-24(32)22(25)18-33)27(37)31(23)11-15-39-16-12-31/h4-8,17H,9-16,19-20H2,1-3H3. The molecule has 8 nitrogen and oxygen atoms in total. The van der Waals surface area contributed by atoms with Gasteiger partial charge < -0.3 is 19.3 Å². The summed E-state index contributed by atoms with van der Waals surface area (Å²) in [5, 5.41) is 10.2. The van der Waals surface area contributed by atoms with Crippen LogP contribution in [0.25, 0.3) is 0 Å². The molecule has 9 heteroatoms. The molecule has 3 fully saturated rings. The van der Waals surface area contributed by atoms with Crippen LogP contribution < -0.4 is 9.80 Å². The Morgan fingerprint density at radius 1 is 1.05 bits per heavy atom. The number of piperidine rings is 1. The minimum atomic E-state index is -0.663. The van der Waals surface area contributed by atoms with Gasteiger partial charge in [0, 0.05) is 50.5 Å². The summed E-state index contributed by atoms with van der Waals surface area (Å²) in [6, 6.07) is 13.8. The lowest BCUT2D eigenvalue weighted by molar-refractivity contribution is -0.125. The van der Waals surface area contributed by atoms with E-state index in [0.29, 0.717) is 42.3 Å². The first-order valence-corrected chi connectivity index (χ1v) is 14.4. The van der Waals surface area contributed by atoms with Crippen molar-refractivity contribution in [3.05, 3.63) is 52.5 Å². The molecule has 0 N–H and O–H groups in total. The van der Waals surface area contributed by atoms with Gasteiger partial charge in [-0.1, -0.05) is 23.7 Å². The number of benzene rings is 2. The van der Waals surface area contributed by atoms with Gasteiger partial charge in [0.25, 0.3) is 0 Å². The number of hydrogen-bond acceptors (Lipinski definition) is 6. The summed E-state index contributed by atoms with van der Waals surface area (Å²) >= 11 is 6.40. The Bertz CT molecular complexity index is 1390.